The molecule has 2 aromatic carbocycles. The maximum absolute atomic E-state index is 12.8. The fraction of sp³-hybridized carbons (Fsp3) is 0.238. The second-order valence-corrected chi connectivity index (χ2v) is 7.60. The molecular formula is C21H24N6OS. The molecule has 0 aliphatic carbocycles. The Kier molecular flexibility index (Phi) is 7.02. The van der Waals surface area contributed by atoms with Gasteiger partial charge in [-0.15, -0.1) is 11.8 Å². The van der Waals surface area contributed by atoms with Crippen molar-refractivity contribution in [2.45, 2.75) is 25.6 Å². The number of nitrogens with one attached hydrogen (secondary N) is 1. The Labute approximate surface area is 174 Å². The normalized spacial score (nSPS) is 10.7. The molecular weight excluding hydrogens is 384 g/mol. The van der Waals surface area contributed by atoms with Gasteiger partial charge in [0.05, 0.1) is 11.5 Å². The van der Waals surface area contributed by atoms with Crippen LogP contribution < -0.4 is 16.0 Å². The third kappa shape index (κ3) is 5.92. The Morgan fingerprint density at radius 1 is 1.03 bits per heavy atom. The van der Waals surface area contributed by atoms with E-state index in [1.807, 2.05) is 74.5 Å². The number of nitrogen functional groups attached to an aromatic ring is 1. The maximum atomic E-state index is 12.8. The molecule has 3 rings (SSSR count). The number of aromatic nitrogens is 3. The summed E-state index contributed by atoms with van der Waals surface area (Å²) in [6.45, 7) is 4.01. The van der Waals surface area contributed by atoms with Gasteiger partial charge in [-0.1, -0.05) is 36.4 Å². The van der Waals surface area contributed by atoms with E-state index in [4.69, 9.17) is 5.73 Å². The number of rotatable bonds is 8. The molecule has 0 spiro atoms. The van der Waals surface area contributed by atoms with E-state index in [9.17, 15) is 4.79 Å². The van der Waals surface area contributed by atoms with Crippen molar-refractivity contribution in [3.05, 3.63) is 66.5 Å². The topological polar surface area (TPSA) is 97.0 Å². The van der Waals surface area contributed by atoms with E-state index in [1.54, 1.807) is 4.90 Å². The van der Waals surface area contributed by atoms with E-state index in [1.165, 1.54) is 11.8 Å². The SMILES string of the molecule is CC(C)N(C(=O)CSCc1nc(N)nc(Nc2ccccc2)n1)c1ccccc1. The largest absolute Gasteiger partial charge is 0.368 e. The molecule has 1 heterocycles. The summed E-state index contributed by atoms with van der Waals surface area (Å²) in [4.78, 5) is 27.3. The average molecular weight is 409 g/mol. The standard InChI is InChI=1S/C21H24N6OS/c1-15(2)27(17-11-7-4-8-12-17)19(28)14-29-13-18-24-20(22)26-21(25-18)23-16-9-5-3-6-10-16/h3-12,15H,13-14H2,1-2H3,(H3,22,23,24,25,26). The molecule has 0 atom stereocenters. The molecule has 0 bridgehead atoms. The van der Waals surface area contributed by atoms with E-state index in [0.717, 1.165) is 11.4 Å². The molecule has 3 N–H and O–H groups in total. The van der Waals surface area contributed by atoms with Crippen LogP contribution in [0.2, 0.25) is 0 Å². The minimum Gasteiger partial charge on any atom is -0.368 e. The van der Waals surface area contributed by atoms with Crippen LogP contribution >= 0.6 is 11.8 Å². The highest BCUT2D eigenvalue weighted by Gasteiger charge is 2.19. The van der Waals surface area contributed by atoms with Gasteiger partial charge in [-0.05, 0) is 38.1 Å². The van der Waals surface area contributed by atoms with E-state index >= 15 is 0 Å². The van der Waals surface area contributed by atoms with Gasteiger partial charge in [0.2, 0.25) is 17.8 Å². The molecule has 3 aromatic rings. The monoisotopic (exact) mass is 408 g/mol. The third-order valence-corrected chi connectivity index (χ3v) is 4.92. The average Bonchev–Trinajstić information content (AvgIpc) is 2.69. The summed E-state index contributed by atoms with van der Waals surface area (Å²) in [6.07, 6.45) is 0. The Bertz CT molecular complexity index is 936. The zero-order valence-corrected chi connectivity index (χ0v) is 17.3. The lowest BCUT2D eigenvalue weighted by Crippen LogP contribution is -2.38. The van der Waals surface area contributed by atoms with Crippen molar-refractivity contribution < 1.29 is 4.79 Å². The summed E-state index contributed by atoms with van der Waals surface area (Å²) in [6, 6.07) is 19.3. The zero-order valence-electron chi connectivity index (χ0n) is 16.4. The summed E-state index contributed by atoms with van der Waals surface area (Å²) < 4.78 is 0. The molecule has 0 radical (unpaired) electrons. The van der Waals surface area contributed by atoms with Gasteiger partial charge in [0.25, 0.3) is 0 Å². The van der Waals surface area contributed by atoms with Gasteiger partial charge in [-0.25, -0.2) is 0 Å². The predicted molar refractivity (Wildman–Crippen MR) is 119 cm³/mol. The highest BCUT2D eigenvalue weighted by Crippen LogP contribution is 2.20. The molecule has 0 aliphatic rings. The Hall–Kier alpha value is -3.13. The number of amides is 1. The lowest BCUT2D eigenvalue weighted by atomic mass is 10.2. The van der Waals surface area contributed by atoms with Gasteiger partial charge in [0.1, 0.15) is 5.82 Å². The minimum absolute atomic E-state index is 0.0425. The van der Waals surface area contributed by atoms with Gasteiger partial charge in [0.15, 0.2) is 0 Å². The van der Waals surface area contributed by atoms with Crippen LogP contribution in [0.15, 0.2) is 60.7 Å². The summed E-state index contributed by atoms with van der Waals surface area (Å²) in [5.41, 5.74) is 7.58. The molecule has 0 saturated heterocycles. The molecule has 0 saturated carbocycles. The number of hydrogen-bond donors (Lipinski definition) is 2. The van der Waals surface area contributed by atoms with Gasteiger partial charge >= 0.3 is 0 Å². The van der Waals surface area contributed by atoms with Gasteiger partial charge in [-0.2, -0.15) is 15.0 Å². The number of benzene rings is 2. The van der Waals surface area contributed by atoms with Crippen molar-refractivity contribution in [3.63, 3.8) is 0 Å². The van der Waals surface area contributed by atoms with Crippen LogP contribution in [-0.4, -0.2) is 32.7 Å². The van der Waals surface area contributed by atoms with E-state index in [-0.39, 0.29) is 17.9 Å². The third-order valence-electron chi connectivity index (χ3n) is 4.01. The smallest absolute Gasteiger partial charge is 0.237 e. The van der Waals surface area contributed by atoms with Gasteiger partial charge in [0, 0.05) is 17.4 Å². The number of nitrogens with two attached hydrogens (primary N) is 1. The Balaban J connectivity index is 1.61. The first-order valence-electron chi connectivity index (χ1n) is 9.30. The molecule has 0 aliphatic heterocycles. The second-order valence-electron chi connectivity index (χ2n) is 6.61. The number of nitrogens with zero attached hydrogens (tertiary/aromatic N) is 4. The van der Waals surface area contributed by atoms with Crippen LogP contribution in [0, 0.1) is 0 Å². The maximum Gasteiger partial charge on any atom is 0.237 e. The summed E-state index contributed by atoms with van der Waals surface area (Å²) >= 11 is 1.45. The fourth-order valence-corrected chi connectivity index (χ4v) is 3.55. The molecule has 0 unspecified atom stereocenters. The number of carbonyl (C=O) groups is 1. The van der Waals surface area contributed by atoms with Crippen LogP contribution in [0.1, 0.15) is 19.7 Å². The first-order valence-corrected chi connectivity index (χ1v) is 10.5. The minimum atomic E-state index is 0.0425. The summed E-state index contributed by atoms with van der Waals surface area (Å²) in [7, 11) is 0. The fourth-order valence-electron chi connectivity index (χ4n) is 2.83. The number of para-hydroxylation sites is 2. The number of carbonyl (C=O) groups excluding carboxylic acids is 1. The summed E-state index contributed by atoms with van der Waals surface area (Å²) in [5, 5.41) is 3.11. The lowest BCUT2D eigenvalue weighted by molar-refractivity contribution is -0.116. The summed E-state index contributed by atoms with van der Waals surface area (Å²) in [5.74, 6) is 1.89. The van der Waals surface area contributed by atoms with Crippen molar-refractivity contribution in [1.82, 2.24) is 15.0 Å². The van der Waals surface area contributed by atoms with Crippen LogP contribution in [-0.2, 0) is 10.5 Å². The molecule has 150 valence electrons. The molecule has 7 nitrogen and oxygen atoms in total. The number of anilines is 4. The van der Waals surface area contributed by atoms with Crippen molar-refractivity contribution in [2.75, 3.05) is 21.7 Å². The van der Waals surface area contributed by atoms with Crippen LogP contribution in [0.5, 0.6) is 0 Å². The number of hydrogen-bond acceptors (Lipinski definition) is 7. The molecule has 1 amide bonds. The van der Waals surface area contributed by atoms with Crippen molar-refractivity contribution in [1.29, 1.82) is 0 Å². The lowest BCUT2D eigenvalue weighted by Gasteiger charge is -2.26. The molecule has 8 heteroatoms. The van der Waals surface area contributed by atoms with Gasteiger partial charge in [-0.3, -0.25) is 4.79 Å². The molecule has 0 fully saturated rings. The van der Waals surface area contributed by atoms with Gasteiger partial charge < -0.3 is 16.0 Å². The number of thioether (sulfide) groups is 1. The van der Waals surface area contributed by atoms with E-state index < -0.39 is 0 Å². The quantitative estimate of drug-likeness (QED) is 0.584. The highest BCUT2D eigenvalue weighted by atomic mass is 32.2. The highest BCUT2D eigenvalue weighted by molar-refractivity contribution is 7.99. The predicted octanol–water partition coefficient (Wildman–Crippen LogP) is 3.87. The van der Waals surface area contributed by atoms with Crippen molar-refractivity contribution >= 4 is 40.9 Å². The first kappa shape index (κ1) is 20.6. The van der Waals surface area contributed by atoms with Crippen molar-refractivity contribution in [3.8, 4) is 0 Å². The van der Waals surface area contributed by atoms with Crippen molar-refractivity contribution in [2.24, 2.45) is 0 Å². The Morgan fingerprint density at radius 2 is 1.69 bits per heavy atom. The molecule has 29 heavy (non-hydrogen) atoms. The van der Waals surface area contributed by atoms with Crippen LogP contribution in [0.4, 0.5) is 23.3 Å². The van der Waals surface area contributed by atoms with E-state index in [2.05, 4.69) is 20.3 Å². The Morgan fingerprint density at radius 3 is 2.34 bits per heavy atom. The second kappa shape index (κ2) is 9.88. The van der Waals surface area contributed by atoms with Crippen LogP contribution in [0.3, 0.4) is 0 Å². The van der Waals surface area contributed by atoms with Crippen LogP contribution in [0.25, 0.3) is 0 Å². The first-order chi connectivity index (χ1) is 14.0. The van der Waals surface area contributed by atoms with E-state index in [0.29, 0.717) is 23.3 Å². The zero-order chi connectivity index (χ0) is 20.6. The molecule has 1 aromatic heterocycles.